The summed E-state index contributed by atoms with van der Waals surface area (Å²) in [5.41, 5.74) is 13.3. The van der Waals surface area contributed by atoms with Crippen molar-refractivity contribution in [2.75, 3.05) is 41.1 Å². The van der Waals surface area contributed by atoms with E-state index in [9.17, 15) is 82.8 Å². The van der Waals surface area contributed by atoms with E-state index in [1.54, 1.807) is 19.1 Å². The number of nitrogens with zero attached hydrogens (tertiary/aromatic N) is 1. The summed E-state index contributed by atoms with van der Waals surface area (Å²) in [6.07, 6.45) is -6.42. The summed E-state index contributed by atoms with van der Waals surface area (Å²) < 4.78 is 0. The van der Waals surface area contributed by atoms with Gasteiger partial charge in [-0.3, -0.25) is 71.9 Å². The number of hydrogen-bond acceptors (Lipinski definition) is 25. The second-order valence-corrected chi connectivity index (χ2v) is 32.7. The summed E-state index contributed by atoms with van der Waals surface area (Å²) in [6, 6.07) is -1.79. The first kappa shape index (κ1) is 81.1. The number of aliphatic carboxylic acids is 1. The van der Waals surface area contributed by atoms with Crippen molar-refractivity contribution in [3.63, 3.8) is 0 Å². The Hall–Kier alpha value is -6.89. The summed E-state index contributed by atoms with van der Waals surface area (Å²) in [5, 5.41) is 59.4. The van der Waals surface area contributed by atoms with Crippen molar-refractivity contribution < 1.29 is 92.3 Å². The fourth-order valence-electron chi connectivity index (χ4n) is 11.2. The number of amides is 9. The van der Waals surface area contributed by atoms with E-state index in [2.05, 4.69) is 37.2 Å². The number of carboxylic acid groups (broad SMARTS) is 1. The third-order valence-corrected chi connectivity index (χ3v) is 24.3. The molecule has 0 spiro atoms. The third kappa shape index (κ3) is 26.2. The van der Waals surface area contributed by atoms with E-state index in [0.29, 0.717) is 12.0 Å². The average molecular weight is 1490 g/mol. The van der Waals surface area contributed by atoms with Crippen LogP contribution in [0.2, 0.25) is 0 Å². The standard InChI is InChI=1S/C64H86N10O19S6/c1-32(19-35-6-10-40(76)11-7-35)20-52(81)45-29-97-99-30-46-62(91)72-47-31-98-96-28-42(65)51(80)24-39(59(88)69-43(14-17-56(85)86)53(82)22-37(58(87)71-46)21-36-8-12-41(77)13-9-36)27-95-94-26-38(60(89)73-57(34(3)75)49(78)15-16-55(84)68-45)23-50(79)33(2)67-63(92)48-5-4-18-74(48)64(93)44(25-54(66)83)70-61(47)90/h6-13,32-34,37-39,42-48,57,75-77H,4-5,14-31,65H2,1-3H3,(H2,66,83)(H,67,92)(H,68,84)(H,69,88)(H,70,90)(H,71,87)(H,72,91)(H,73,89)(H,85,86)/t32-,33+,34+,37-,38+,39+,42+,43+,44+,45+,46-,47?,48+,57+/m1/s1. The lowest BCUT2D eigenvalue weighted by molar-refractivity contribution is -0.143. The molecule has 14 atom stereocenters. The smallest absolute Gasteiger partial charge is 0.303 e. The Bertz CT molecular complexity index is 3280. The third-order valence-electron chi connectivity index (χ3n) is 16.9. The van der Waals surface area contributed by atoms with Crippen molar-refractivity contribution in [3.8, 4) is 11.5 Å². The molecule has 15 N–H and O–H groups in total. The molecule has 2 aromatic rings. The first-order chi connectivity index (χ1) is 47.0. The van der Waals surface area contributed by atoms with Crippen LogP contribution in [0.15, 0.2) is 48.5 Å². The summed E-state index contributed by atoms with van der Waals surface area (Å²) in [6.45, 7) is 4.25. The van der Waals surface area contributed by atoms with Gasteiger partial charge in [-0.15, -0.1) is 0 Å². The monoisotopic (exact) mass is 1490 g/mol. The van der Waals surface area contributed by atoms with Crippen molar-refractivity contribution in [1.82, 2.24) is 42.1 Å². The van der Waals surface area contributed by atoms with Gasteiger partial charge in [0, 0.05) is 91.9 Å². The molecule has 2 aromatic carbocycles. The zero-order valence-electron chi connectivity index (χ0n) is 54.8. The number of phenols is 2. The van der Waals surface area contributed by atoms with Gasteiger partial charge in [0.15, 0.2) is 28.9 Å². The molecule has 4 aliphatic rings. The van der Waals surface area contributed by atoms with Crippen LogP contribution in [0.4, 0.5) is 0 Å². The number of Topliss-reactive ketones (excluding diaryl/α,β-unsaturated/α-hetero) is 5. The number of carbonyl (C=O) groups excluding carboxylic acids is 14. The topological polar surface area (TPSA) is 476 Å². The molecule has 0 aliphatic carbocycles. The molecule has 9 amide bonds. The normalized spacial score (nSPS) is 28.1. The van der Waals surface area contributed by atoms with Crippen LogP contribution in [-0.4, -0.2) is 215 Å². The summed E-state index contributed by atoms with van der Waals surface area (Å²) in [5.74, 6) is -19.9. The number of aromatic hydroxyl groups is 2. The highest BCUT2D eigenvalue weighted by atomic mass is 33.1. The fraction of sp³-hybridized carbons (Fsp3) is 0.578. The predicted octanol–water partition coefficient (Wildman–Crippen LogP) is 0.592. The SMILES string of the molecule is C[C@@H](CC(=O)[C@@H]1CSSC[C@H]2NC(=O)[C@H](Cc3ccc(O)cc3)CC(=O)[C@H](CCC(=O)O)NC(=O)[C@@H]3CSSC[C@H](CC(=O)[C@H](C)NC(=O)[C@@H]4CCCN4C(=O)[C@H](CC(N)=O)NC(=O)C(CSSC[C@H](N)C(=O)C3)NC2=O)C(=O)N[C@@H]([C@H](C)O)C(=O)CCC(=O)N1)Cc1ccc(O)cc1. The minimum atomic E-state index is -1.78. The van der Waals surface area contributed by atoms with Crippen LogP contribution in [0.5, 0.6) is 11.5 Å². The number of phenolic OH excluding ortho intramolecular Hbond substituents is 2. The predicted molar refractivity (Wildman–Crippen MR) is 375 cm³/mol. The maximum Gasteiger partial charge on any atom is 0.303 e. The van der Waals surface area contributed by atoms with Crippen LogP contribution < -0.4 is 48.7 Å². The largest absolute Gasteiger partial charge is 0.508 e. The van der Waals surface area contributed by atoms with Gasteiger partial charge in [0.05, 0.1) is 48.5 Å². The van der Waals surface area contributed by atoms with Gasteiger partial charge in [0.1, 0.15) is 41.7 Å². The highest BCUT2D eigenvalue weighted by Crippen LogP contribution is 2.32. The van der Waals surface area contributed by atoms with Gasteiger partial charge in [-0.05, 0) is 87.3 Å². The van der Waals surface area contributed by atoms with E-state index in [-0.39, 0.29) is 78.4 Å². The zero-order valence-corrected chi connectivity index (χ0v) is 59.7. The van der Waals surface area contributed by atoms with E-state index in [0.717, 1.165) is 75.2 Å². The Morgan fingerprint density at radius 1 is 0.596 bits per heavy atom. The number of fused-ring (bicyclic) bond motifs is 20. The Kier molecular flexibility index (Phi) is 32.7. The number of nitrogens with one attached hydrogen (secondary N) is 7. The van der Waals surface area contributed by atoms with E-state index >= 15 is 9.59 Å². The summed E-state index contributed by atoms with van der Waals surface area (Å²) >= 11 is 0. The van der Waals surface area contributed by atoms with E-state index in [1.807, 2.05) is 0 Å². The van der Waals surface area contributed by atoms with Crippen LogP contribution in [0.1, 0.15) is 103 Å². The number of carboxylic acids is 1. The average Bonchev–Trinajstić information content (AvgIpc) is 1.75. The molecular weight excluding hydrogens is 1410 g/mol. The molecule has 4 fully saturated rings. The summed E-state index contributed by atoms with van der Waals surface area (Å²) in [7, 11) is 5.66. The van der Waals surface area contributed by atoms with Gasteiger partial charge in [-0.25, -0.2) is 0 Å². The second kappa shape index (κ2) is 39.9. The lowest BCUT2D eigenvalue weighted by atomic mass is 9.89. The Morgan fingerprint density at radius 2 is 1.14 bits per heavy atom. The number of benzene rings is 2. The number of hydrogen-bond donors (Lipinski definition) is 13. The number of ketones is 5. The maximum atomic E-state index is 15.2. The number of aliphatic hydroxyl groups is 1. The Labute approximate surface area is 595 Å². The molecule has 99 heavy (non-hydrogen) atoms. The van der Waals surface area contributed by atoms with Crippen LogP contribution in [0, 0.1) is 23.7 Å². The van der Waals surface area contributed by atoms with Crippen molar-refractivity contribution in [1.29, 1.82) is 0 Å². The molecule has 1 unspecified atom stereocenters. The van der Waals surface area contributed by atoms with Crippen LogP contribution in [0.3, 0.4) is 0 Å². The number of rotatable bonds is 13. The molecule has 542 valence electrons. The van der Waals surface area contributed by atoms with Crippen molar-refractivity contribution >= 4 is 153 Å². The van der Waals surface area contributed by atoms with Gasteiger partial charge in [0.2, 0.25) is 53.2 Å². The van der Waals surface area contributed by atoms with Crippen molar-refractivity contribution in [3.05, 3.63) is 59.7 Å². The first-order valence-corrected chi connectivity index (χ1v) is 39.7. The Balaban J connectivity index is 1.54. The van der Waals surface area contributed by atoms with Gasteiger partial charge >= 0.3 is 5.97 Å². The number of aliphatic hydroxyl groups excluding tert-OH is 1. The molecule has 0 radical (unpaired) electrons. The van der Waals surface area contributed by atoms with Crippen LogP contribution in [0.25, 0.3) is 0 Å². The second-order valence-electron chi connectivity index (χ2n) is 25.0. The highest BCUT2D eigenvalue weighted by molar-refractivity contribution is 8.77. The van der Waals surface area contributed by atoms with E-state index < -0.39 is 223 Å². The van der Waals surface area contributed by atoms with Gasteiger partial charge in [-0.1, -0.05) is 96.0 Å². The van der Waals surface area contributed by atoms with Crippen LogP contribution in [-0.2, 0) is 84.8 Å². The molecule has 4 bridgehead atoms. The molecule has 0 aromatic heterocycles. The van der Waals surface area contributed by atoms with E-state index in [4.69, 9.17) is 11.5 Å². The zero-order chi connectivity index (χ0) is 72.6. The number of nitrogens with two attached hydrogens (primary N) is 2. The van der Waals surface area contributed by atoms with Crippen molar-refractivity contribution in [2.45, 2.75) is 165 Å². The Morgan fingerprint density at radius 3 is 1.75 bits per heavy atom. The fourth-order valence-corrected chi connectivity index (χ4v) is 18.5. The van der Waals surface area contributed by atoms with Gasteiger partial charge < -0.3 is 74.0 Å². The van der Waals surface area contributed by atoms with Crippen LogP contribution >= 0.6 is 64.8 Å². The minimum Gasteiger partial charge on any atom is -0.508 e. The quantitative estimate of drug-likeness (QED) is 0.122. The maximum absolute atomic E-state index is 15.2. The number of primary amides is 1. The molecule has 4 saturated heterocycles. The van der Waals surface area contributed by atoms with E-state index in [1.165, 1.54) is 50.2 Å². The molecule has 29 nitrogen and oxygen atoms in total. The lowest BCUT2D eigenvalue weighted by Gasteiger charge is -2.30. The van der Waals surface area contributed by atoms with Gasteiger partial charge in [0.25, 0.3) is 0 Å². The molecule has 4 aliphatic heterocycles. The van der Waals surface area contributed by atoms with Gasteiger partial charge in [-0.2, -0.15) is 0 Å². The molecular formula is C64H86N10O19S6. The highest BCUT2D eigenvalue weighted by Gasteiger charge is 2.42. The molecule has 6 rings (SSSR count). The molecule has 4 heterocycles. The molecule has 0 saturated carbocycles. The lowest BCUT2D eigenvalue weighted by Crippen LogP contribution is -2.60. The number of carbonyl (C=O) groups is 15. The summed E-state index contributed by atoms with van der Waals surface area (Å²) in [4.78, 5) is 215. The molecule has 35 heteroatoms. The minimum absolute atomic E-state index is 0.0263. The van der Waals surface area contributed by atoms with Crippen molar-refractivity contribution in [2.24, 2.45) is 35.1 Å². The first-order valence-electron chi connectivity index (χ1n) is 32.2.